The van der Waals surface area contributed by atoms with Crippen LogP contribution in [0.3, 0.4) is 0 Å². The molecule has 134 valence electrons. The van der Waals surface area contributed by atoms with Crippen LogP contribution in [-0.2, 0) is 4.74 Å². The number of aliphatic imine (C=N–C) groups is 1. The Bertz CT molecular complexity index is 380. The molecule has 2 rings (SSSR count). The number of ether oxygens (including phenoxy) is 1. The van der Waals surface area contributed by atoms with Gasteiger partial charge >= 0.3 is 6.09 Å². The van der Waals surface area contributed by atoms with Crippen LogP contribution in [0.2, 0.25) is 0 Å². The van der Waals surface area contributed by atoms with Gasteiger partial charge in [0.1, 0.15) is 0 Å². The average Bonchev–Trinajstić information content (AvgIpc) is 3.36. The Kier molecular flexibility index (Phi) is 9.66. The Morgan fingerprint density at radius 3 is 2.52 bits per heavy atom. The summed E-state index contributed by atoms with van der Waals surface area (Å²) in [5, 5.41) is 6.81. The molecule has 0 aromatic rings. The zero-order valence-corrected chi connectivity index (χ0v) is 16.7. The highest BCUT2D eigenvalue weighted by Crippen LogP contribution is 2.33. The van der Waals surface area contributed by atoms with Gasteiger partial charge in [0.15, 0.2) is 5.96 Å². The van der Waals surface area contributed by atoms with Crippen molar-refractivity contribution in [2.24, 2.45) is 10.9 Å². The van der Waals surface area contributed by atoms with Crippen LogP contribution >= 0.6 is 24.0 Å². The van der Waals surface area contributed by atoms with Crippen LogP contribution in [0, 0.1) is 5.92 Å². The van der Waals surface area contributed by atoms with E-state index in [9.17, 15) is 4.79 Å². The van der Waals surface area contributed by atoms with Gasteiger partial charge in [0.2, 0.25) is 0 Å². The van der Waals surface area contributed by atoms with Crippen molar-refractivity contribution in [1.29, 1.82) is 0 Å². The molecule has 1 aliphatic heterocycles. The predicted octanol–water partition coefficient (Wildman–Crippen LogP) is 2.58. The molecule has 1 heterocycles. The minimum absolute atomic E-state index is 0. The molecule has 7 heteroatoms. The fourth-order valence-electron chi connectivity index (χ4n) is 2.83. The number of nitrogens with one attached hydrogen (secondary N) is 2. The third kappa shape index (κ3) is 7.58. The molecule has 2 fully saturated rings. The summed E-state index contributed by atoms with van der Waals surface area (Å²) < 4.78 is 4.76. The molecule has 1 saturated heterocycles. The first-order valence-corrected chi connectivity index (χ1v) is 8.60. The minimum Gasteiger partial charge on any atom is -0.453 e. The van der Waals surface area contributed by atoms with E-state index in [0.717, 1.165) is 50.9 Å². The average molecular weight is 438 g/mol. The highest BCUT2D eigenvalue weighted by atomic mass is 127. The van der Waals surface area contributed by atoms with Crippen molar-refractivity contribution in [3.63, 3.8) is 0 Å². The second-order valence-electron chi connectivity index (χ2n) is 6.22. The molecule has 1 amide bonds. The standard InChI is InChI=1S/C16H30N4O2.HI/c1-3-17-15(18-10-4-5-13-6-7-13)19-14-8-11-20(12-9-14)16(21)22-2;/h13-14H,3-12H2,1-2H3,(H2,17,18,19);1H. The lowest BCUT2D eigenvalue weighted by atomic mass is 10.1. The molecule has 0 radical (unpaired) electrons. The maximum absolute atomic E-state index is 11.5. The molecule has 0 spiro atoms. The Hall–Kier alpha value is -0.730. The number of carbonyl (C=O) groups excluding carboxylic acids is 1. The normalized spacial score (nSPS) is 19.0. The van der Waals surface area contributed by atoms with Gasteiger partial charge < -0.3 is 20.3 Å². The second-order valence-corrected chi connectivity index (χ2v) is 6.22. The van der Waals surface area contributed by atoms with Crippen molar-refractivity contribution >= 4 is 36.0 Å². The molecule has 1 aliphatic carbocycles. The van der Waals surface area contributed by atoms with E-state index in [1.165, 1.54) is 32.8 Å². The first kappa shape index (κ1) is 20.3. The number of rotatable bonds is 6. The van der Waals surface area contributed by atoms with Gasteiger partial charge in [0.05, 0.1) is 7.11 Å². The number of halogens is 1. The lowest BCUT2D eigenvalue weighted by Crippen LogP contribution is -2.49. The molecule has 6 nitrogen and oxygen atoms in total. The van der Waals surface area contributed by atoms with Crippen molar-refractivity contribution in [2.45, 2.75) is 51.5 Å². The fraction of sp³-hybridized carbons (Fsp3) is 0.875. The third-order valence-electron chi connectivity index (χ3n) is 4.35. The lowest BCUT2D eigenvalue weighted by molar-refractivity contribution is 0.111. The first-order chi connectivity index (χ1) is 10.7. The van der Waals surface area contributed by atoms with E-state index in [0.29, 0.717) is 6.04 Å². The van der Waals surface area contributed by atoms with Gasteiger partial charge in [0, 0.05) is 32.2 Å². The van der Waals surface area contributed by atoms with E-state index < -0.39 is 0 Å². The lowest BCUT2D eigenvalue weighted by Gasteiger charge is -2.32. The number of hydrogen-bond acceptors (Lipinski definition) is 3. The largest absolute Gasteiger partial charge is 0.453 e. The van der Waals surface area contributed by atoms with E-state index in [-0.39, 0.29) is 30.1 Å². The molecule has 0 atom stereocenters. The van der Waals surface area contributed by atoms with Crippen LogP contribution < -0.4 is 10.6 Å². The van der Waals surface area contributed by atoms with Gasteiger partial charge in [-0.05, 0) is 38.5 Å². The number of guanidine groups is 1. The summed E-state index contributed by atoms with van der Waals surface area (Å²) in [5.74, 6) is 1.89. The number of amides is 1. The monoisotopic (exact) mass is 438 g/mol. The van der Waals surface area contributed by atoms with Gasteiger partial charge in [-0.1, -0.05) is 12.8 Å². The molecule has 0 aromatic heterocycles. The van der Waals surface area contributed by atoms with Gasteiger partial charge in [-0.2, -0.15) is 0 Å². The Morgan fingerprint density at radius 1 is 1.26 bits per heavy atom. The zero-order chi connectivity index (χ0) is 15.8. The molecule has 0 bridgehead atoms. The maximum atomic E-state index is 11.5. The summed E-state index contributed by atoms with van der Waals surface area (Å²) >= 11 is 0. The van der Waals surface area contributed by atoms with Crippen molar-refractivity contribution in [1.82, 2.24) is 15.5 Å². The number of likely N-dealkylation sites (tertiary alicyclic amines) is 1. The van der Waals surface area contributed by atoms with Gasteiger partial charge in [0.25, 0.3) is 0 Å². The smallest absolute Gasteiger partial charge is 0.409 e. The quantitative estimate of drug-likeness (QED) is 0.290. The number of methoxy groups -OCH3 is 1. The van der Waals surface area contributed by atoms with E-state index in [1.807, 2.05) is 0 Å². The number of piperidine rings is 1. The number of hydrogen-bond donors (Lipinski definition) is 2. The summed E-state index contributed by atoms with van der Waals surface area (Å²) in [7, 11) is 1.43. The van der Waals surface area contributed by atoms with Gasteiger partial charge in [-0.25, -0.2) is 4.79 Å². The first-order valence-electron chi connectivity index (χ1n) is 8.60. The minimum atomic E-state index is -0.223. The van der Waals surface area contributed by atoms with Crippen LogP contribution in [0.15, 0.2) is 4.99 Å². The molecular weight excluding hydrogens is 407 g/mol. The molecule has 2 N–H and O–H groups in total. The van der Waals surface area contributed by atoms with E-state index in [1.54, 1.807) is 4.90 Å². The molecule has 23 heavy (non-hydrogen) atoms. The Balaban J connectivity index is 0.00000264. The van der Waals surface area contributed by atoms with Crippen LogP contribution in [0.5, 0.6) is 0 Å². The van der Waals surface area contributed by atoms with Gasteiger partial charge in [-0.15, -0.1) is 24.0 Å². The van der Waals surface area contributed by atoms with Crippen molar-refractivity contribution in [3.8, 4) is 0 Å². The number of carbonyl (C=O) groups is 1. The summed E-state index contributed by atoms with van der Waals surface area (Å²) in [4.78, 5) is 17.9. The zero-order valence-electron chi connectivity index (χ0n) is 14.3. The fourth-order valence-corrected chi connectivity index (χ4v) is 2.83. The Labute approximate surface area is 156 Å². The van der Waals surface area contributed by atoms with Crippen molar-refractivity contribution < 1.29 is 9.53 Å². The van der Waals surface area contributed by atoms with Crippen molar-refractivity contribution in [2.75, 3.05) is 33.3 Å². The highest BCUT2D eigenvalue weighted by molar-refractivity contribution is 14.0. The van der Waals surface area contributed by atoms with E-state index >= 15 is 0 Å². The van der Waals surface area contributed by atoms with Gasteiger partial charge in [-0.3, -0.25) is 4.99 Å². The topological polar surface area (TPSA) is 66.0 Å². The molecule has 0 aromatic carbocycles. The summed E-state index contributed by atoms with van der Waals surface area (Å²) in [6.07, 6.45) is 6.98. The molecule has 1 saturated carbocycles. The summed E-state index contributed by atoms with van der Waals surface area (Å²) in [5.41, 5.74) is 0. The van der Waals surface area contributed by atoms with Crippen LogP contribution in [0.1, 0.15) is 45.4 Å². The molecule has 0 unspecified atom stereocenters. The van der Waals surface area contributed by atoms with Crippen LogP contribution in [0.4, 0.5) is 4.79 Å². The van der Waals surface area contributed by atoms with E-state index in [2.05, 4.69) is 22.5 Å². The highest BCUT2D eigenvalue weighted by Gasteiger charge is 2.23. The van der Waals surface area contributed by atoms with Crippen LogP contribution in [-0.4, -0.2) is 56.3 Å². The number of nitrogens with zero attached hydrogens (tertiary/aromatic N) is 2. The Morgan fingerprint density at radius 2 is 1.96 bits per heavy atom. The third-order valence-corrected chi connectivity index (χ3v) is 4.35. The summed E-state index contributed by atoms with van der Waals surface area (Å²) in [6, 6.07) is 0.377. The maximum Gasteiger partial charge on any atom is 0.409 e. The van der Waals surface area contributed by atoms with E-state index in [4.69, 9.17) is 4.74 Å². The second kappa shape index (κ2) is 10.9. The molecular formula is C16H31IN4O2. The summed E-state index contributed by atoms with van der Waals surface area (Å²) in [6.45, 7) is 5.33. The van der Waals surface area contributed by atoms with Crippen LogP contribution in [0.25, 0.3) is 0 Å². The molecule has 2 aliphatic rings. The predicted molar refractivity (Wildman–Crippen MR) is 103 cm³/mol. The SMILES string of the molecule is CCNC(=NCCCC1CC1)NC1CCN(C(=O)OC)CC1.I. The van der Waals surface area contributed by atoms with Crippen molar-refractivity contribution in [3.05, 3.63) is 0 Å².